The lowest BCUT2D eigenvalue weighted by Gasteiger charge is -2.43. The van der Waals surface area contributed by atoms with Crippen LogP contribution in [0.1, 0.15) is 44.4 Å². The summed E-state index contributed by atoms with van der Waals surface area (Å²) in [6.45, 7) is 7.83. The Bertz CT molecular complexity index is 426. The van der Waals surface area contributed by atoms with Crippen LogP contribution in [0.15, 0.2) is 18.3 Å². The fourth-order valence-corrected chi connectivity index (χ4v) is 3.15. The van der Waals surface area contributed by atoms with E-state index in [4.69, 9.17) is 0 Å². The van der Waals surface area contributed by atoms with Gasteiger partial charge < -0.3 is 10.2 Å². The summed E-state index contributed by atoms with van der Waals surface area (Å²) in [5, 5.41) is 3.71. The molecule has 106 valence electrons. The van der Waals surface area contributed by atoms with Crippen LogP contribution in [-0.2, 0) is 6.42 Å². The summed E-state index contributed by atoms with van der Waals surface area (Å²) in [5.74, 6) is 0.522. The van der Waals surface area contributed by atoms with Gasteiger partial charge in [-0.2, -0.15) is 0 Å². The topological polar surface area (TPSA) is 28.2 Å². The number of hydrogen-bond donors (Lipinski definition) is 1. The van der Waals surface area contributed by atoms with Gasteiger partial charge in [0.1, 0.15) is 0 Å². The van der Waals surface area contributed by atoms with Gasteiger partial charge >= 0.3 is 0 Å². The summed E-state index contributed by atoms with van der Waals surface area (Å²) in [6.07, 6.45) is 4.31. The molecular weight excluding hydrogens is 234 g/mol. The molecule has 0 spiro atoms. The van der Waals surface area contributed by atoms with Crippen molar-refractivity contribution in [3.05, 3.63) is 29.6 Å². The average Bonchev–Trinajstić information content (AvgIpc) is 2.79. The van der Waals surface area contributed by atoms with Crippen molar-refractivity contribution in [3.63, 3.8) is 0 Å². The van der Waals surface area contributed by atoms with E-state index in [-0.39, 0.29) is 5.54 Å². The maximum atomic E-state index is 4.66. The minimum Gasteiger partial charge on any atom is -0.312 e. The van der Waals surface area contributed by atoms with Gasteiger partial charge in [0.25, 0.3) is 0 Å². The molecule has 1 N–H and O–H groups in total. The fraction of sp³-hybridized carbons (Fsp3) is 0.688. The van der Waals surface area contributed by atoms with Crippen LogP contribution >= 0.6 is 0 Å². The molecule has 1 aliphatic carbocycles. The third-order valence-electron chi connectivity index (χ3n) is 4.74. The first-order chi connectivity index (χ1) is 8.98. The van der Waals surface area contributed by atoms with Crippen molar-refractivity contribution in [2.75, 3.05) is 20.6 Å². The summed E-state index contributed by atoms with van der Waals surface area (Å²) in [5.41, 5.74) is 2.85. The molecule has 0 fully saturated rings. The fourth-order valence-electron chi connectivity index (χ4n) is 3.15. The van der Waals surface area contributed by atoms with Crippen molar-refractivity contribution in [1.82, 2.24) is 15.2 Å². The van der Waals surface area contributed by atoms with Gasteiger partial charge in [0.15, 0.2) is 0 Å². The van der Waals surface area contributed by atoms with Crippen molar-refractivity contribution in [2.24, 2.45) is 0 Å². The summed E-state index contributed by atoms with van der Waals surface area (Å²) in [4.78, 5) is 6.98. The first-order valence-corrected chi connectivity index (χ1v) is 7.33. The second kappa shape index (κ2) is 5.59. The molecule has 0 aromatic carbocycles. The Hall–Kier alpha value is -0.930. The van der Waals surface area contributed by atoms with E-state index in [2.05, 4.69) is 62.2 Å². The van der Waals surface area contributed by atoms with Crippen molar-refractivity contribution in [1.29, 1.82) is 0 Å². The molecule has 0 aliphatic heterocycles. The van der Waals surface area contributed by atoms with E-state index in [0.717, 1.165) is 6.54 Å². The standard InChI is InChI=1S/C16H27N3/c1-6-17-15(16(2,3)19(4)5)13-10-9-12-8-7-11-18-14(12)13/h7-8,11,13,15,17H,6,9-10H2,1-5H3. The Kier molecular flexibility index (Phi) is 4.26. The lowest BCUT2D eigenvalue weighted by molar-refractivity contribution is 0.121. The van der Waals surface area contributed by atoms with Crippen LogP contribution in [0.4, 0.5) is 0 Å². The van der Waals surface area contributed by atoms with Crippen molar-refractivity contribution in [3.8, 4) is 0 Å². The molecule has 2 unspecified atom stereocenters. The number of likely N-dealkylation sites (N-methyl/N-ethyl adjacent to an activating group) is 2. The molecule has 1 aromatic heterocycles. The summed E-state index contributed by atoms with van der Waals surface area (Å²) < 4.78 is 0. The Labute approximate surface area is 117 Å². The lowest BCUT2D eigenvalue weighted by atomic mass is 9.81. The number of aromatic nitrogens is 1. The van der Waals surface area contributed by atoms with E-state index >= 15 is 0 Å². The molecule has 2 rings (SSSR count). The molecule has 0 bridgehead atoms. The summed E-state index contributed by atoms with van der Waals surface area (Å²) >= 11 is 0. The summed E-state index contributed by atoms with van der Waals surface area (Å²) in [6, 6.07) is 4.72. The maximum Gasteiger partial charge on any atom is 0.0482 e. The van der Waals surface area contributed by atoms with Crippen LogP contribution in [0.3, 0.4) is 0 Å². The summed E-state index contributed by atoms with van der Waals surface area (Å²) in [7, 11) is 4.33. The quantitative estimate of drug-likeness (QED) is 0.882. The van der Waals surface area contributed by atoms with E-state index in [0.29, 0.717) is 12.0 Å². The predicted molar refractivity (Wildman–Crippen MR) is 80.5 cm³/mol. The number of nitrogens with one attached hydrogen (secondary N) is 1. The van der Waals surface area contributed by atoms with Crippen molar-refractivity contribution >= 4 is 0 Å². The normalized spacial score (nSPS) is 20.6. The highest BCUT2D eigenvalue weighted by atomic mass is 15.2. The molecular formula is C16H27N3. The van der Waals surface area contributed by atoms with Gasteiger partial charge in [0.05, 0.1) is 0 Å². The number of pyridine rings is 1. The highest BCUT2D eigenvalue weighted by Gasteiger charge is 2.40. The highest BCUT2D eigenvalue weighted by Crippen LogP contribution is 2.38. The van der Waals surface area contributed by atoms with Crippen LogP contribution in [0, 0.1) is 0 Å². The molecule has 0 amide bonds. The van der Waals surface area contributed by atoms with Gasteiger partial charge in [-0.1, -0.05) is 13.0 Å². The minimum atomic E-state index is 0.111. The number of hydrogen-bond acceptors (Lipinski definition) is 3. The number of aryl methyl sites for hydroxylation is 1. The van der Waals surface area contributed by atoms with Gasteiger partial charge in [-0.15, -0.1) is 0 Å². The van der Waals surface area contributed by atoms with Gasteiger partial charge in [-0.3, -0.25) is 4.98 Å². The molecule has 1 heterocycles. The van der Waals surface area contributed by atoms with Crippen LogP contribution in [0.5, 0.6) is 0 Å². The lowest BCUT2D eigenvalue weighted by Crippen LogP contribution is -2.57. The Morgan fingerprint density at radius 3 is 2.84 bits per heavy atom. The molecule has 3 nitrogen and oxygen atoms in total. The zero-order valence-electron chi connectivity index (χ0n) is 12.9. The molecule has 0 radical (unpaired) electrons. The number of fused-ring (bicyclic) bond motifs is 1. The Morgan fingerprint density at radius 2 is 2.21 bits per heavy atom. The van der Waals surface area contributed by atoms with Crippen LogP contribution < -0.4 is 5.32 Å². The SMILES string of the molecule is CCNC(C1CCc2cccnc21)C(C)(C)N(C)C. The Morgan fingerprint density at radius 1 is 1.47 bits per heavy atom. The molecule has 1 aliphatic rings. The van der Waals surface area contributed by atoms with Crippen molar-refractivity contribution in [2.45, 2.75) is 51.1 Å². The molecule has 2 atom stereocenters. The average molecular weight is 261 g/mol. The van der Waals surface area contributed by atoms with E-state index in [1.165, 1.54) is 24.1 Å². The molecule has 0 saturated heterocycles. The van der Waals surface area contributed by atoms with Crippen LogP contribution in [-0.4, -0.2) is 42.1 Å². The second-order valence-corrected chi connectivity index (χ2v) is 6.28. The van der Waals surface area contributed by atoms with Gasteiger partial charge in [0, 0.05) is 29.4 Å². The molecule has 19 heavy (non-hydrogen) atoms. The zero-order valence-corrected chi connectivity index (χ0v) is 12.9. The largest absolute Gasteiger partial charge is 0.312 e. The van der Waals surface area contributed by atoms with Gasteiger partial charge in [0.2, 0.25) is 0 Å². The Balaban J connectivity index is 2.32. The first-order valence-electron chi connectivity index (χ1n) is 7.33. The van der Waals surface area contributed by atoms with E-state index in [1.807, 2.05) is 6.20 Å². The third kappa shape index (κ3) is 2.67. The maximum absolute atomic E-state index is 4.66. The van der Waals surface area contributed by atoms with Gasteiger partial charge in [-0.25, -0.2) is 0 Å². The zero-order chi connectivity index (χ0) is 14.0. The van der Waals surface area contributed by atoms with E-state index in [9.17, 15) is 0 Å². The first kappa shape index (κ1) is 14.5. The third-order valence-corrected chi connectivity index (χ3v) is 4.74. The van der Waals surface area contributed by atoms with E-state index < -0.39 is 0 Å². The van der Waals surface area contributed by atoms with E-state index in [1.54, 1.807) is 0 Å². The molecule has 0 saturated carbocycles. The highest BCUT2D eigenvalue weighted by molar-refractivity contribution is 5.31. The van der Waals surface area contributed by atoms with Crippen LogP contribution in [0.25, 0.3) is 0 Å². The number of rotatable bonds is 5. The smallest absolute Gasteiger partial charge is 0.0482 e. The minimum absolute atomic E-state index is 0.111. The monoisotopic (exact) mass is 261 g/mol. The second-order valence-electron chi connectivity index (χ2n) is 6.28. The number of nitrogens with zero attached hydrogens (tertiary/aromatic N) is 2. The van der Waals surface area contributed by atoms with Crippen molar-refractivity contribution < 1.29 is 0 Å². The molecule has 1 aromatic rings. The molecule has 3 heteroatoms. The predicted octanol–water partition coefficient (Wildman–Crippen LogP) is 2.43. The van der Waals surface area contributed by atoms with Gasteiger partial charge in [-0.05, 0) is 59.0 Å². The van der Waals surface area contributed by atoms with Crippen LogP contribution in [0.2, 0.25) is 0 Å².